The summed E-state index contributed by atoms with van der Waals surface area (Å²) in [5, 5.41) is 3.43. The highest BCUT2D eigenvalue weighted by Gasteiger charge is 2.30. The van der Waals surface area contributed by atoms with Gasteiger partial charge in [0.05, 0.1) is 0 Å². The van der Waals surface area contributed by atoms with Gasteiger partial charge in [-0.15, -0.1) is 0 Å². The maximum atomic E-state index is 6.01. The fraction of sp³-hybridized carbons (Fsp3) is 0.600. The van der Waals surface area contributed by atoms with Crippen LogP contribution >= 0.6 is 11.8 Å². The molecule has 2 nitrogen and oxygen atoms in total. The van der Waals surface area contributed by atoms with E-state index >= 15 is 0 Å². The minimum atomic E-state index is 0.328. The minimum Gasteiger partial charge on any atom is -0.492 e. The van der Waals surface area contributed by atoms with Crippen molar-refractivity contribution in [1.82, 2.24) is 0 Å². The van der Waals surface area contributed by atoms with Crippen LogP contribution in [0, 0.1) is 0 Å². The van der Waals surface area contributed by atoms with E-state index in [0.29, 0.717) is 4.75 Å². The molecule has 0 amide bonds. The Hall–Kier alpha value is -0.830. The summed E-state index contributed by atoms with van der Waals surface area (Å²) in [5.74, 6) is 2.32. The van der Waals surface area contributed by atoms with E-state index < -0.39 is 0 Å². The average molecular weight is 263 g/mol. The van der Waals surface area contributed by atoms with Crippen LogP contribution in [-0.2, 0) is 6.42 Å². The summed E-state index contributed by atoms with van der Waals surface area (Å²) in [6, 6.07) is 6.47. The van der Waals surface area contributed by atoms with Gasteiger partial charge in [-0.1, -0.05) is 0 Å². The van der Waals surface area contributed by atoms with Gasteiger partial charge in [0.15, 0.2) is 0 Å². The molecule has 2 aliphatic rings. The Balaban J connectivity index is 1.66. The largest absolute Gasteiger partial charge is 0.492 e. The zero-order chi connectivity index (χ0) is 12.4. The first-order valence-electron chi connectivity index (χ1n) is 6.89. The molecule has 0 aliphatic carbocycles. The first-order chi connectivity index (χ1) is 8.75. The number of rotatable bonds is 3. The molecule has 0 aromatic heterocycles. The Morgan fingerprint density at radius 2 is 2.33 bits per heavy atom. The SMILES string of the molecule is CC1(COc2ccc3c(c2)CCCN3)CCCS1. The maximum absolute atomic E-state index is 6.01. The van der Waals surface area contributed by atoms with Crippen molar-refractivity contribution < 1.29 is 4.74 Å². The predicted octanol–water partition coefficient (Wildman–Crippen LogP) is 3.71. The molecule has 3 heteroatoms. The van der Waals surface area contributed by atoms with Crippen LogP contribution in [0.3, 0.4) is 0 Å². The smallest absolute Gasteiger partial charge is 0.119 e. The first kappa shape index (κ1) is 12.2. The van der Waals surface area contributed by atoms with Crippen molar-refractivity contribution in [3.63, 3.8) is 0 Å². The zero-order valence-corrected chi connectivity index (χ0v) is 11.8. The van der Waals surface area contributed by atoms with Gasteiger partial charge in [-0.2, -0.15) is 11.8 Å². The third-order valence-corrected chi connectivity index (χ3v) is 5.37. The monoisotopic (exact) mass is 263 g/mol. The molecule has 1 fully saturated rings. The molecule has 98 valence electrons. The van der Waals surface area contributed by atoms with Gasteiger partial charge in [0.1, 0.15) is 12.4 Å². The second kappa shape index (κ2) is 5.04. The molecule has 1 atom stereocenters. The predicted molar refractivity (Wildman–Crippen MR) is 78.8 cm³/mol. The summed E-state index contributed by atoms with van der Waals surface area (Å²) in [6.07, 6.45) is 5.01. The van der Waals surface area contributed by atoms with Crippen molar-refractivity contribution in [1.29, 1.82) is 0 Å². The van der Waals surface area contributed by atoms with Gasteiger partial charge in [-0.05, 0) is 62.1 Å². The van der Waals surface area contributed by atoms with Crippen LogP contribution < -0.4 is 10.1 Å². The summed E-state index contributed by atoms with van der Waals surface area (Å²) in [7, 11) is 0. The zero-order valence-electron chi connectivity index (χ0n) is 11.0. The number of fused-ring (bicyclic) bond motifs is 1. The van der Waals surface area contributed by atoms with E-state index in [0.717, 1.165) is 18.9 Å². The molecular formula is C15H21NOS. The van der Waals surface area contributed by atoms with E-state index in [2.05, 4.69) is 42.2 Å². The second-order valence-corrected chi connectivity index (χ2v) is 7.22. The number of ether oxygens (including phenoxy) is 1. The third-order valence-electron chi connectivity index (χ3n) is 3.86. The van der Waals surface area contributed by atoms with E-state index in [-0.39, 0.29) is 0 Å². The number of hydrogen-bond acceptors (Lipinski definition) is 3. The molecule has 1 unspecified atom stereocenters. The Morgan fingerprint density at radius 3 is 3.17 bits per heavy atom. The summed E-state index contributed by atoms with van der Waals surface area (Å²) in [4.78, 5) is 0. The topological polar surface area (TPSA) is 21.3 Å². The van der Waals surface area contributed by atoms with Gasteiger partial charge < -0.3 is 10.1 Å². The molecule has 1 aromatic carbocycles. The highest BCUT2D eigenvalue weighted by molar-refractivity contribution is 8.00. The van der Waals surface area contributed by atoms with E-state index in [1.165, 1.54) is 42.7 Å². The van der Waals surface area contributed by atoms with E-state index in [1.807, 2.05) is 0 Å². The Bertz CT molecular complexity index is 427. The summed E-state index contributed by atoms with van der Waals surface area (Å²) in [5.41, 5.74) is 2.69. The van der Waals surface area contributed by atoms with Crippen LogP contribution in [0.25, 0.3) is 0 Å². The normalized spacial score (nSPS) is 26.5. The van der Waals surface area contributed by atoms with Crippen molar-refractivity contribution in [2.45, 2.75) is 37.4 Å². The van der Waals surface area contributed by atoms with Gasteiger partial charge in [-0.3, -0.25) is 0 Å². The highest BCUT2D eigenvalue weighted by atomic mass is 32.2. The van der Waals surface area contributed by atoms with Gasteiger partial charge >= 0.3 is 0 Å². The fourth-order valence-corrected chi connectivity index (χ4v) is 3.94. The lowest BCUT2D eigenvalue weighted by Crippen LogP contribution is -2.25. The lowest BCUT2D eigenvalue weighted by molar-refractivity contribution is 0.275. The summed E-state index contributed by atoms with van der Waals surface area (Å²) in [6.45, 7) is 4.26. The molecule has 18 heavy (non-hydrogen) atoms. The number of hydrogen-bond donors (Lipinski definition) is 1. The summed E-state index contributed by atoms with van der Waals surface area (Å²) < 4.78 is 6.34. The molecule has 1 N–H and O–H groups in total. The van der Waals surface area contributed by atoms with Crippen LogP contribution in [0.2, 0.25) is 0 Å². The lowest BCUT2D eigenvalue weighted by atomic mass is 10.0. The first-order valence-corrected chi connectivity index (χ1v) is 7.87. The number of nitrogens with one attached hydrogen (secondary N) is 1. The van der Waals surface area contributed by atoms with Crippen molar-refractivity contribution in [3.8, 4) is 5.75 Å². The van der Waals surface area contributed by atoms with Crippen molar-refractivity contribution >= 4 is 17.4 Å². The molecule has 2 aliphatic heterocycles. The van der Waals surface area contributed by atoms with E-state index in [4.69, 9.17) is 4.74 Å². The van der Waals surface area contributed by atoms with Gasteiger partial charge in [0, 0.05) is 17.0 Å². The number of anilines is 1. The summed E-state index contributed by atoms with van der Waals surface area (Å²) >= 11 is 2.06. The molecule has 1 saturated heterocycles. The van der Waals surface area contributed by atoms with Crippen molar-refractivity contribution in [3.05, 3.63) is 23.8 Å². The van der Waals surface area contributed by atoms with E-state index in [1.54, 1.807) is 0 Å². The fourth-order valence-electron chi connectivity index (χ4n) is 2.73. The van der Waals surface area contributed by atoms with Crippen molar-refractivity contribution in [2.24, 2.45) is 0 Å². The van der Waals surface area contributed by atoms with Gasteiger partial charge in [-0.25, -0.2) is 0 Å². The Kier molecular flexibility index (Phi) is 3.42. The third kappa shape index (κ3) is 2.61. The molecule has 0 saturated carbocycles. The quantitative estimate of drug-likeness (QED) is 0.898. The van der Waals surface area contributed by atoms with Crippen LogP contribution in [0.15, 0.2) is 18.2 Å². The van der Waals surface area contributed by atoms with Gasteiger partial charge in [0.2, 0.25) is 0 Å². The van der Waals surface area contributed by atoms with Gasteiger partial charge in [0.25, 0.3) is 0 Å². The molecule has 0 bridgehead atoms. The molecule has 2 heterocycles. The number of benzene rings is 1. The van der Waals surface area contributed by atoms with Crippen LogP contribution in [0.1, 0.15) is 31.7 Å². The Morgan fingerprint density at radius 1 is 1.39 bits per heavy atom. The Labute approximate surface area is 113 Å². The highest BCUT2D eigenvalue weighted by Crippen LogP contribution is 2.38. The molecule has 1 aromatic rings. The maximum Gasteiger partial charge on any atom is 0.119 e. The minimum absolute atomic E-state index is 0.328. The molecule has 0 radical (unpaired) electrons. The van der Waals surface area contributed by atoms with Crippen LogP contribution in [0.4, 0.5) is 5.69 Å². The number of thioether (sulfide) groups is 1. The standard InChI is InChI=1S/C15H21NOS/c1-15(7-3-9-18-15)11-17-13-5-6-14-12(10-13)4-2-8-16-14/h5-6,10,16H,2-4,7-9,11H2,1H3. The van der Waals surface area contributed by atoms with Crippen molar-refractivity contribution in [2.75, 3.05) is 24.2 Å². The average Bonchev–Trinajstić information content (AvgIpc) is 2.84. The second-order valence-electron chi connectivity index (χ2n) is 5.54. The van der Waals surface area contributed by atoms with Crippen LogP contribution in [-0.4, -0.2) is 23.7 Å². The molecule has 3 rings (SSSR count). The van der Waals surface area contributed by atoms with Crippen LogP contribution in [0.5, 0.6) is 5.75 Å². The van der Waals surface area contributed by atoms with E-state index in [9.17, 15) is 0 Å². The molecule has 0 spiro atoms. The molecular weight excluding hydrogens is 242 g/mol. The lowest BCUT2D eigenvalue weighted by Gasteiger charge is -2.24. The number of aryl methyl sites for hydroxylation is 1.